The second-order valence-electron chi connectivity index (χ2n) is 2.90. The smallest absolute Gasteiger partial charge is 0.141 e. The molecule has 0 aliphatic carbocycles. The number of nitrogens with one attached hydrogen (secondary N) is 1. The monoisotopic (exact) mass is 193 g/mol. The molecule has 0 unspecified atom stereocenters. The highest BCUT2D eigenvalue weighted by Gasteiger charge is 1.99. The van der Waals surface area contributed by atoms with Gasteiger partial charge in [0, 0.05) is 25.1 Å². The molecule has 2 rings (SSSR count). The molecule has 0 radical (unpaired) electrons. The summed E-state index contributed by atoms with van der Waals surface area (Å²) in [7, 11) is 0. The van der Waals surface area contributed by atoms with Crippen molar-refractivity contribution in [2.24, 2.45) is 0 Å². The van der Waals surface area contributed by atoms with Crippen molar-refractivity contribution in [3.63, 3.8) is 0 Å². The zero-order valence-corrected chi connectivity index (χ0v) is 9.26. The van der Waals surface area contributed by atoms with Gasteiger partial charge in [-0.1, -0.05) is 20.8 Å². The van der Waals surface area contributed by atoms with E-state index >= 15 is 0 Å². The highest BCUT2D eigenvalue weighted by molar-refractivity contribution is 5.75. The summed E-state index contributed by atoms with van der Waals surface area (Å²) in [6, 6.07) is 2.05. The first kappa shape index (κ1) is 10.7. The molecule has 0 fully saturated rings. The molecule has 0 amide bonds. The van der Waals surface area contributed by atoms with Crippen molar-refractivity contribution >= 4 is 11.0 Å². The van der Waals surface area contributed by atoms with Crippen molar-refractivity contribution in [1.82, 2.24) is 15.0 Å². The third kappa shape index (κ3) is 2.10. The highest BCUT2D eigenvalue weighted by atomic mass is 14.9. The van der Waals surface area contributed by atoms with Crippen molar-refractivity contribution < 1.29 is 1.43 Å². The Kier molecular flexibility index (Phi) is 3.63. The summed E-state index contributed by atoms with van der Waals surface area (Å²) in [6.07, 6.45) is 2.75. The molecule has 0 aliphatic rings. The Morgan fingerprint density at radius 1 is 1.43 bits per heavy atom. The van der Waals surface area contributed by atoms with Gasteiger partial charge in [-0.2, -0.15) is 0 Å². The zero-order chi connectivity index (χ0) is 10.6. The van der Waals surface area contributed by atoms with Gasteiger partial charge in [0.25, 0.3) is 0 Å². The Hall–Kier alpha value is -1.38. The summed E-state index contributed by atoms with van der Waals surface area (Å²) in [4.78, 5) is 11.7. The molecule has 78 valence electrons. The SMILES string of the molecule is CC.CCc1ncc2cc(C)[nH]c2n1.[HH]. The molecule has 2 aromatic heterocycles. The number of rotatable bonds is 1. The van der Waals surface area contributed by atoms with Gasteiger partial charge in [0.15, 0.2) is 0 Å². The van der Waals surface area contributed by atoms with Crippen molar-refractivity contribution in [2.45, 2.75) is 34.1 Å². The van der Waals surface area contributed by atoms with Gasteiger partial charge < -0.3 is 4.98 Å². The Bertz CT molecular complexity index is 409. The van der Waals surface area contributed by atoms with Gasteiger partial charge in [-0.25, -0.2) is 9.97 Å². The zero-order valence-electron chi connectivity index (χ0n) is 9.26. The highest BCUT2D eigenvalue weighted by Crippen LogP contribution is 2.11. The third-order valence-electron chi connectivity index (χ3n) is 1.87. The number of aryl methyl sites for hydroxylation is 2. The van der Waals surface area contributed by atoms with Crippen LogP contribution in [0.4, 0.5) is 0 Å². The Labute approximate surface area is 86.1 Å². The minimum absolute atomic E-state index is 0. The van der Waals surface area contributed by atoms with E-state index < -0.39 is 0 Å². The molecule has 1 N–H and O–H groups in total. The van der Waals surface area contributed by atoms with Gasteiger partial charge >= 0.3 is 0 Å². The van der Waals surface area contributed by atoms with Crippen LogP contribution >= 0.6 is 0 Å². The Balaban J connectivity index is 0.000000617. The second-order valence-corrected chi connectivity index (χ2v) is 2.90. The van der Waals surface area contributed by atoms with Gasteiger partial charge in [-0.3, -0.25) is 0 Å². The molecule has 0 spiro atoms. The normalized spacial score (nSPS) is 9.71. The Morgan fingerprint density at radius 2 is 2.14 bits per heavy atom. The first-order valence-electron chi connectivity index (χ1n) is 5.11. The average Bonchev–Trinajstić information content (AvgIpc) is 2.59. The molecule has 2 aromatic rings. The maximum Gasteiger partial charge on any atom is 0.141 e. The van der Waals surface area contributed by atoms with Crippen LogP contribution in [0.2, 0.25) is 0 Å². The maximum atomic E-state index is 4.35. The molecule has 14 heavy (non-hydrogen) atoms. The maximum absolute atomic E-state index is 4.35. The number of fused-ring (bicyclic) bond motifs is 1. The molecule has 0 bridgehead atoms. The lowest BCUT2D eigenvalue weighted by molar-refractivity contribution is 0.955. The van der Waals surface area contributed by atoms with E-state index in [2.05, 4.69) is 27.9 Å². The molecule has 0 atom stereocenters. The lowest BCUT2D eigenvalue weighted by Crippen LogP contribution is -1.91. The summed E-state index contributed by atoms with van der Waals surface area (Å²) in [6.45, 7) is 8.07. The molecule has 0 saturated heterocycles. The molecule has 2 heterocycles. The topological polar surface area (TPSA) is 41.6 Å². The number of nitrogens with zero attached hydrogens (tertiary/aromatic N) is 2. The van der Waals surface area contributed by atoms with Crippen LogP contribution in [0.3, 0.4) is 0 Å². The largest absolute Gasteiger partial charge is 0.343 e. The number of aromatic amines is 1. The summed E-state index contributed by atoms with van der Waals surface area (Å²) >= 11 is 0. The van der Waals surface area contributed by atoms with Crippen LogP contribution in [0.15, 0.2) is 12.3 Å². The lowest BCUT2D eigenvalue weighted by Gasteiger charge is -1.92. The number of H-pyrrole nitrogens is 1. The summed E-state index contributed by atoms with van der Waals surface area (Å²) in [5.41, 5.74) is 2.08. The van der Waals surface area contributed by atoms with Gasteiger partial charge in [-0.15, -0.1) is 0 Å². The molecular weight excluding hydrogens is 174 g/mol. The van der Waals surface area contributed by atoms with Gasteiger partial charge in [0.05, 0.1) is 0 Å². The predicted octanol–water partition coefficient (Wildman–Crippen LogP) is 3.10. The fourth-order valence-electron chi connectivity index (χ4n) is 1.26. The molecule has 0 aliphatic heterocycles. The quantitative estimate of drug-likeness (QED) is 0.756. The fraction of sp³-hybridized carbons (Fsp3) is 0.455. The van der Waals surface area contributed by atoms with E-state index in [-0.39, 0.29) is 1.43 Å². The third-order valence-corrected chi connectivity index (χ3v) is 1.87. The van der Waals surface area contributed by atoms with Crippen molar-refractivity contribution in [2.75, 3.05) is 0 Å². The van der Waals surface area contributed by atoms with Crippen molar-refractivity contribution in [1.29, 1.82) is 0 Å². The van der Waals surface area contributed by atoms with Crippen LogP contribution in [-0.2, 0) is 6.42 Å². The van der Waals surface area contributed by atoms with Crippen LogP contribution < -0.4 is 0 Å². The number of hydrogen-bond donors (Lipinski definition) is 1. The average molecular weight is 193 g/mol. The van der Waals surface area contributed by atoms with Crippen LogP contribution in [-0.4, -0.2) is 15.0 Å². The van der Waals surface area contributed by atoms with Gasteiger partial charge in [0.2, 0.25) is 0 Å². The molecular formula is C11H19N3. The van der Waals surface area contributed by atoms with E-state index in [0.717, 1.165) is 29.0 Å². The van der Waals surface area contributed by atoms with Gasteiger partial charge in [-0.05, 0) is 13.0 Å². The fourth-order valence-corrected chi connectivity index (χ4v) is 1.26. The van der Waals surface area contributed by atoms with Crippen LogP contribution in [0.5, 0.6) is 0 Å². The predicted molar refractivity (Wildman–Crippen MR) is 61.5 cm³/mol. The molecule has 3 heteroatoms. The molecule has 3 nitrogen and oxygen atoms in total. The summed E-state index contributed by atoms with van der Waals surface area (Å²) in [5, 5.41) is 1.09. The van der Waals surface area contributed by atoms with Crippen LogP contribution in [0.25, 0.3) is 11.0 Å². The minimum Gasteiger partial charge on any atom is -0.343 e. The van der Waals surface area contributed by atoms with Crippen LogP contribution in [0.1, 0.15) is 33.7 Å². The van der Waals surface area contributed by atoms with Crippen molar-refractivity contribution in [3.05, 3.63) is 23.8 Å². The van der Waals surface area contributed by atoms with E-state index in [4.69, 9.17) is 0 Å². The summed E-state index contributed by atoms with van der Waals surface area (Å²) < 4.78 is 0. The van der Waals surface area contributed by atoms with E-state index in [1.54, 1.807) is 0 Å². The van der Waals surface area contributed by atoms with E-state index in [1.165, 1.54) is 0 Å². The van der Waals surface area contributed by atoms with E-state index in [9.17, 15) is 0 Å². The first-order valence-corrected chi connectivity index (χ1v) is 5.11. The minimum atomic E-state index is 0. The van der Waals surface area contributed by atoms with Gasteiger partial charge in [0.1, 0.15) is 11.5 Å². The molecule has 0 saturated carbocycles. The number of hydrogen-bond acceptors (Lipinski definition) is 2. The first-order chi connectivity index (χ1) is 6.79. The molecule has 0 aromatic carbocycles. The summed E-state index contributed by atoms with van der Waals surface area (Å²) in [5.74, 6) is 0.893. The lowest BCUT2D eigenvalue weighted by atomic mass is 10.3. The van der Waals surface area contributed by atoms with E-state index in [1.807, 2.05) is 27.0 Å². The number of aromatic nitrogens is 3. The van der Waals surface area contributed by atoms with E-state index in [0.29, 0.717) is 0 Å². The second kappa shape index (κ2) is 4.74. The Morgan fingerprint density at radius 3 is 2.79 bits per heavy atom. The van der Waals surface area contributed by atoms with Crippen LogP contribution in [0, 0.1) is 6.92 Å². The standard InChI is InChI=1S/C9H11N3.C2H6.H2/c1-3-8-10-5-7-4-6(2)11-9(7)12-8;1-2;/h4-5H,3H2,1-2H3,(H,10,11,12);1-2H3;1H. The van der Waals surface area contributed by atoms with Crippen molar-refractivity contribution in [3.8, 4) is 0 Å².